The van der Waals surface area contributed by atoms with Gasteiger partial charge in [0.25, 0.3) is 5.56 Å². The van der Waals surface area contributed by atoms with E-state index < -0.39 is 10.0 Å². The molecule has 0 spiro atoms. The second-order valence-corrected chi connectivity index (χ2v) is 8.74. The van der Waals surface area contributed by atoms with Gasteiger partial charge in [0.1, 0.15) is 5.65 Å². The van der Waals surface area contributed by atoms with E-state index in [-0.39, 0.29) is 17.0 Å². The molecule has 0 N–H and O–H groups in total. The maximum absolute atomic E-state index is 13.4. The molecule has 0 atom stereocenters. The van der Waals surface area contributed by atoms with Gasteiger partial charge < -0.3 is 0 Å². The van der Waals surface area contributed by atoms with Crippen LogP contribution >= 0.6 is 0 Å². The lowest BCUT2D eigenvalue weighted by Gasteiger charge is -2.27. The predicted molar refractivity (Wildman–Crippen MR) is 107 cm³/mol. The minimum Gasteiger partial charge on any atom is -0.269 e. The van der Waals surface area contributed by atoms with Crippen molar-refractivity contribution in [3.05, 3.63) is 88.5 Å². The van der Waals surface area contributed by atoms with E-state index in [1.165, 1.54) is 8.71 Å². The van der Waals surface area contributed by atoms with Crippen LogP contribution in [-0.4, -0.2) is 28.7 Å². The highest BCUT2D eigenvalue weighted by Crippen LogP contribution is 2.28. The lowest BCUT2D eigenvalue weighted by molar-refractivity contribution is 0.385. The standard InChI is InChI=1S/C21H17N3O3S/c25-21-17-14-23(13-11-18(17)22-20-10-3-4-12-24(20)21)28(26,27)19-9-5-7-15-6-1-2-8-16(15)19/h1-10,12H,11,13-14H2. The summed E-state index contributed by atoms with van der Waals surface area (Å²) in [5.74, 6) is 0. The first-order valence-electron chi connectivity index (χ1n) is 9.03. The molecule has 0 saturated carbocycles. The molecule has 0 fully saturated rings. The van der Waals surface area contributed by atoms with Crippen molar-refractivity contribution >= 4 is 26.4 Å². The molecule has 0 unspecified atom stereocenters. The summed E-state index contributed by atoms with van der Waals surface area (Å²) in [5, 5.41) is 1.55. The third-order valence-electron chi connectivity index (χ3n) is 5.21. The van der Waals surface area contributed by atoms with Gasteiger partial charge in [-0.2, -0.15) is 4.31 Å². The van der Waals surface area contributed by atoms with Gasteiger partial charge in [0.15, 0.2) is 0 Å². The van der Waals surface area contributed by atoms with Crippen molar-refractivity contribution in [3.63, 3.8) is 0 Å². The van der Waals surface area contributed by atoms with Crippen molar-refractivity contribution < 1.29 is 8.42 Å². The topological polar surface area (TPSA) is 71.8 Å². The third-order valence-corrected chi connectivity index (χ3v) is 7.12. The van der Waals surface area contributed by atoms with E-state index in [2.05, 4.69) is 4.98 Å². The molecule has 1 aliphatic heterocycles. The first-order valence-corrected chi connectivity index (χ1v) is 10.5. The predicted octanol–water partition coefficient (Wildman–Crippen LogP) is 2.59. The Balaban J connectivity index is 1.62. The van der Waals surface area contributed by atoms with Crippen molar-refractivity contribution in [2.45, 2.75) is 17.9 Å². The van der Waals surface area contributed by atoms with Gasteiger partial charge in [-0.05, 0) is 23.6 Å². The van der Waals surface area contributed by atoms with Crippen LogP contribution in [0, 0.1) is 0 Å². The number of rotatable bonds is 2. The molecule has 0 bridgehead atoms. The van der Waals surface area contributed by atoms with E-state index >= 15 is 0 Å². The molecule has 7 heteroatoms. The molecule has 4 aromatic rings. The van der Waals surface area contributed by atoms with Gasteiger partial charge in [0.05, 0.1) is 16.2 Å². The summed E-state index contributed by atoms with van der Waals surface area (Å²) in [6.07, 6.45) is 2.07. The number of aromatic nitrogens is 2. The Morgan fingerprint density at radius 3 is 2.61 bits per heavy atom. The third kappa shape index (κ3) is 2.55. The zero-order valence-electron chi connectivity index (χ0n) is 14.9. The van der Waals surface area contributed by atoms with Crippen LogP contribution in [0.25, 0.3) is 16.4 Å². The summed E-state index contributed by atoms with van der Waals surface area (Å²) in [7, 11) is -3.74. The van der Waals surface area contributed by atoms with Crippen LogP contribution in [0.15, 0.2) is 76.6 Å². The maximum Gasteiger partial charge on any atom is 0.262 e. The Bertz CT molecular complexity index is 1390. The Labute approximate surface area is 161 Å². The molecule has 2 aromatic carbocycles. The van der Waals surface area contributed by atoms with E-state index in [0.717, 1.165) is 5.39 Å². The van der Waals surface area contributed by atoms with E-state index in [1.54, 1.807) is 30.5 Å². The smallest absolute Gasteiger partial charge is 0.262 e. The molecule has 140 valence electrons. The monoisotopic (exact) mass is 391 g/mol. The molecule has 0 amide bonds. The Morgan fingerprint density at radius 1 is 0.929 bits per heavy atom. The lowest BCUT2D eigenvalue weighted by Crippen LogP contribution is -2.40. The van der Waals surface area contributed by atoms with Crippen molar-refractivity contribution in [2.75, 3.05) is 6.54 Å². The van der Waals surface area contributed by atoms with E-state index in [0.29, 0.717) is 35.3 Å². The van der Waals surface area contributed by atoms with Crippen LogP contribution in [0.1, 0.15) is 11.3 Å². The highest BCUT2D eigenvalue weighted by Gasteiger charge is 2.31. The minimum absolute atomic E-state index is 0.0323. The second kappa shape index (κ2) is 6.25. The highest BCUT2D eigenvalue weighted by molar-refractivity contribution is 7.89. The van der Waals surface area contributed by atoms with E-state index in [9.17, 15) is 13.2 Å². The molecule has 0 radical (unpaired) electrons. The largest absolute Gasteiger partial charge is 0.269 e. The average Bonchev–Trinajstić information content (AvgIpc) is 2.73. The number of sulfonamides is 1. The zero-order valence-corrected chi connectivity index (χ0v) is 15.8. The number of hydrogen-bond acceptors (Lipinski definition) is 4. The van der Waals surface area contributed by atoms with E-state index in [1.807, 2.05) is 36.4 Å². The molecule has 0 aliphatic carbocycles. The van der Waals surface area contributed by atoms with Crippen LogP contribution in [0.2, 0.25) is 0 Å². The number of benzene rings is 2. The van der Waals surface area contributed by atoms with Crippen LogP contribution < -0.4 is 5.56 Å². The lowest BCUT2D eigenvalue weighted by atomic mass is 10.1. The van der Waals surface area contributed by atoms with Crippen molar-refractivity contribution in [2.24, 2.45) is 0 Å². The number of hydrogen-bond donors (Lipinski definition) is 0. The quantitative estimate of drug-likeness (QED) is 0.527. The molecular formula is C21H17N3O3S. The molecular weight excluding hydrogens is 374 g/mol. The number of pyridine rings is 1. The van der Waals surface area contributed by atoms with Gasteiger partial charge in [-0.3, -0.25) is 9.20 Å². The Kier molecular flexibility index (Phi) is 3.82. The van der Waals surface area contributed by atoms with Gasteiger partial charge in [-0.25, -0.2) is 13.4 Å². The molecule has 28 heavy (non-hydrogen) atoms. The van der Waals surface area contributed by atoms with Crippen molar-refractivity contribution in [1.29, 1.82) is 0 Å². The fourth-order valence-electron chi connectivity index (χ4n) is 3.79. The van der Waals surface area contributed by atoms with Gasteiger partial charge in [-0.15, -0.1) is 0 Å². The maximum atomic E-state index is 13.4. The molecule has 3 heterocycles. The molecule has 0 saturated heterocycles. The van der Waals surface area contributed by atoms with Crippen LogP contribution in [0.4, 0.5) is 0 Å². The fourth-order valence-corrected chi connectivity index (χ4v) is 5.41. The average molecular weight is 391 g/mol. The Morgan fingerprint density at radius 2 is 1.71 bits per heavy atom. The second-order valence-electron chi connectivity index (χ2n) is 6.84. The number of nitrogens with zero attached hydrogens (tertiary/aromatic N) is 3. The summed E-state index contributed by atoms with van der Waals surface area (Å²) >= 11 is 0. The van der Waals surface area contributed by atoms with Crippen molar-refractivity contribution in [3.8, 4) is 0 Å². The first-order chi connectivity index (χ1) is 13.6. The highest BCUT2D eigenvalue weighted by atomic mass is 32.2. The van der Waals surface area contributed by atoms with Gasteiger partial charge in [0.2, 0.25) is 10.0 Å². The van der Waals surface area contributed by atoms with Crippen LogP contribution in [0.5, 0.6) is 0 Å². The van der Waals surface area contributed by atoms with Crippen LogP contribution in [-0.2, 0) is 23.0 Å². The van der Waals surface area contributed by atoms with Gasteiger partial charge in [-0.1, -0.05) is 42.5 Å². The summed E-state index contributed by atoms with van der Waals surface area (Å²) in [6, 6.07) is 18.0. The minimum atomic E-state index is -3.74. The van der Waals surface area contributed by atoms with E-state index in [4.69, 9.17) is 0 Å². The SMILES string of the molecule is O=c1c2c(nc3ccccn13)CCN(S(=O)(=O)c1cccc3ccccc13)C2. The molecule has 1 aliphatic rings. The summed E-state index contributed by atoms with van der Waals surface area (Å²) in [4.78, 5) is 17.7. The Hall–Kier alpha value is -3.03. The van der Waals surface area contributed by atoms with Crippen LogP contribution in [0.3, 0.4) is 0 Å². The van der Waals surface area contributed by atoms with Gasteiger partial charge >= 0.3 is 0 Å². The summed E-state index contributed by atoms with van der Waals surface area (Å²) < 4.78 is 29.6. The molecule has 6 nitrogen and oxygen atoms in total. The normalized spacial score (nSPS) is 15.0. The fraction of sp³-hybridized carbons (Fsp3) is 0.143. The van der Waals surface area contributed by atoms with Crippen molar-refractivity contribution in [1.82, 2.24) is 13.7 Å². The molecule has 5 rings (SSSR count). The zero-order chi connectivity index (χ0) is 19.3. The van der Waals surface area contributed by atoms with Gasteiger partial charge in [0, 0.05) is 31.1 Å². The summed E-state index contributed by atoms with van der Waals surface area (Å²) in [6.45, 7) is 0.332. The number of fused-ring (bicyclic) bond motifs is 3. The first kappa shape index (κ1) is 17.1. The summed E-state index contributed by atoms with van der Waals surface area (Å²) in [5.41, 5.74) is 1.49. The molecule has 2 aromatic heterocycles.